The summed E-state index contributed by atoms with van der Waals surface area (Å²) in [6, 6.07) is 2.70. The molecule has 11 heavy (non-hydrogen) atoms. The minimum Gasteiger partial charge on any atom is -0.502 e. The Morgan fingerprint density at radius 3 is 2.27 bits per heavy atom. The van der Waals surface area contributed by atoms with E-state index in [1.807, 2.05) is 6.26 Å². The van der Waals surface area contributed by atoms with Crippen molar-refractivity contribution >= 4 is 8.80 Å². The van der Waals surface area contributed by atoms with Gasteiger partial charge in [0.05, 0.1) is 21.7 Å². The second-order valence-electron chi connectivity index (χ2n) is 2.78. The minimum absolute atomic E-state index is 0.540. The third-order valence-electron chi connectivity index (χ3n) is 1.82. The third kappa shape index (κ3) is 6.17. The smallest absolute Gasteiger partial charge is 0.0870 e. The quantitative estimate of drug-likeness (QED) is 0.340. The van der Waals surface area contributed by atoms with Crippen LogP contribution in [-0.4, -0.2) is 15.4 Å². The molecule has 0 saturated carbocycles. The van der Waals surface area contributed by atoms with E-state index in [2.05, 4.69) is 26.5 Å². The zero-order chi connectivity index (χ0) is 8.53. The summed E-state index contributed by atoms with van der Waals surface area (Å²) in [5.74, 6) is 0. The Labute approximate surface area is 72.1 Å². The van der Waals surface area contributed by atoms with Gasteiger partial charge in [-0.3, -0.25) is 0 Å². The van der Waals surface area contributed by atoms with E-state index in [-0.39, 0.29) is 0 Å². The monoisotopic (exact) mass is 172 g/mol. The van der Waals surface area contributed by atoms with Gasteiger partial charge in [-0.1, -0.05) is 38.6 Å². The molecule has 0 N–H and O–H groups in total. The lowest BCUT2D eigenvalue weighted by Gasteiger charge is -2.02. The van der Waals surface area contributed by atoms with Crippen LogP contribution in [0.15, 0.2) is 12.0 Å². The van der Waals surface area contributed by atoms with Crippen LogP contribution in [0.1, 0.15) is 27.2 Å². The molecule has 0 bridgehead atoms. The fourth-order valence-corrected chi connectivity index (χ4v) is 2.37. The molecule has 0 aromatic heterocycles. The van der Waals surface area contributed by atoms with E-state index in [0.29, 0.717) is 0 Å². The Bertz CT molecular complexity index is 97.7. The number of ether oxygens (including phenoxy) is 1. The van der Waals surface area contributed by atoms with Crippen LogP contribution < -0.4 is 0 Å². The van der Waals surface area contributed by atoms with Gasteiger partial charge in [0.15, 0.2) is 0 Å². The van der Waals surface area contributed by atoms with Gasteiger partial charge >= 0.3 is 0 Å². The third-order valence-corrected chi connectivity index (χ3v) is 4.62. The first-order valence-corrected chi connectivity index (χ1v) is 6.93. The lowest BCUT2D eigenvalue weighted by atomic mass is 10.5. The van der Waals surface area contributed by atoms with Gasteiger partial charge in [0.25, 0.3) is 0 Å². The van der Waals surface area contributed by atoms with Crippen molar-refractivity contribution in [2.45, 2.75) is 39.3 Å². The van der Waals surface area contributed by atoms with Crippen molar-refractivity contribution in [3.63, 3.8) is 0 Å². The van der Waals surface area contributed by atoms with Gasteiger partial charge < -0.3 is 4.74 Å². The Balaban J connectivity index is 3.36. The van der Waals surface area contributed by atoms with Crippen LogP contribution in [0.4, 0.5) is 0 Å². The summed E-state index contributed by atoms with van der Waals surface area (Å²) >= 11 is 0. The standard InChI is InChI=1S/C9H20OSi/c1-4-7-10-8-9-11(5-2)6-3/h8-9,11H,4-7H2,1-3H3. The second kappa shape index (κ2) is 7.86. The highest BCUT2D eigenvalue weighted by atomic mass is 28.3. The lowest BCUT2D eigenvalue weighted by Crippen LogP contribution is -2.04. The van der Waals surface area contributed by atoms with Crippen LogP contribution >= 0.6 is 0 Å². The van der Waals surface area contributed by atoms with E-state index in [1.54, 1.807) is 0 Å². The molecule has 0 amide bonds. The van der Waals surface area contributed by atoms with Crippen LogP contribution in [0.3, 0.4) is 0 Å². The minimum atomic E-state index is -0.540. The number of hydrogen-bond donors (Lipinski definition) is 0. The van der Waals surface area contributed by atoms with Crippen molar-refractivity contribution in [2.75, 3.05) is 6.61 Å². The highest BCUT2D eigenvalue weighted by Gasteiger charge is 1.98. The summed E-state index contributed by atoms with van der Waals surface area (Å²) in [5.41, 5.74) is 2.30. The molecule has 0 aliphatic rings. The summed E-state index contributed by atoms with van der Waals surface area (Å²) in [6.45, 7) is 7.53. The van der Waals surface area contributed by atoms with Crippen molar-refractivity contribution < 1.29 is 4.74 Å². The molecular formula is C9H20OSi. The topological polar surface area (TPSA) is 9.23 Å². The highest BCUT2D eigenvalue weighted by Crippen LogP contribution is 1.99. The summed E-state index contributed by atoms with van der Waals surface area (Å²) in [4.78, 5) is 0. The molecule has 1 nitrogen and oxygen atoms in total. The lowest BCUT2D eigenvalue weighted by molar-refractivity contribution is 0.250. The predicted molar refractivity (Wildman–Crippen MR) is 53.5 cm³/mol. The van der Waals surface area contributed by atoms with Crippen LogP contribution in [0, 0.1) is 0 Å². The molecule has 0 atom stereocenters. The average molecular weight is 172 g/mol. The maximum absolute atomic E-state index is 5.27. The second-order valence-corrected chi connectivity index (χ2v) is 6.31. The molecule has 66 valence electrons. The van der Waals surface area contributed by atoms with Crippen molar-refractivity contribution in [3.05, 3.63) is 12.0 Å². The molecule has 0 saturated heterocycles. The Morgan fingerprint density at radius 1 is 1.18 bits per heavy atom. The molecule has 0 spiro atoms. The van der Waals surface area contributed by atoms with E-state index in [0.717, 1.165) is 13.0 Å². The average Bonchev–Trinajstić information content (AvgIpc) is 2.05. The molecule has 0 unspecified atom stereocenters. The Hall–Kier alpha value is -0.243. The zero-order valence-corrected chi connectivity index (χ0v) is 9.12. The van der Waals surface area contributed by atoms with Gasteiger partial charge in [0.1, 0.15) is 0 Å². The van der Waals surface area contributed by atoms with Crippen LogP contribution in [0.5, 0.6) is 0 Å². The van der Waals surface area contributed by atoms with E-state index < -0.39 is 8.80 Å². The zero-order valence-electron chi connectivity index (χ0n) is 7.97. The number of hydrogen-bond acceptors (Lipinski definition) is 1. The maximum atomic E-state index is 5.27. The predicted octanol–water partition coefficient (Wildman–Crippen LogP) is 2.73. The first-order chi connectivity index (χ1) is 5.35. The largest absolute Gasteiger partial charge is 0.502 e. The van der Waals surface area contributed by atoms with Gasteiger partial charge in [-0.25, -0.2) is 0 Å². The van der Waals surface area contributed by atoms with Crippen molar-refractivity contribution in [1.29, 1.82) is 0 Å². The molecule has 0 aliphatic carbocycles. The molecule has 0 aromatic rings. The summed E-state index contributed by atoms with van der Waals surface area (Å²) in [7, 11) is -0.540. The van der Waals surface area contributed by atoms with E-state index in [1.165, 1.54) is 12.1 Å². The molecular weight excluding hydrogens is 152 g/mol. The first-order valence-electron chi connectivity index (χ1n) is 4.63. The molecule has 2 heteroatoms. The SMILES string of the molecule is CCCOC=C[SiH](CC)CC. The van der Waals surface area contributed by atoms with Gasteiger partial charge in [-0.05, 0) is 6.42 Å². The molecule has 0 rings (SSSR count). The van der Waals surface area contributed by atoms with Crippen molar-refractivity contribution in [3.8, 4) is 0 Å². The Morgan fingerprint density at radius 2 is 1.82 bits per heavy atom. The first kappa shape index (κ1) is 10.8. The van der Waals surface area contributed by atoms with Gasteiger partial charge in [0.2, 0.25) is 0 Å². The normalized spacial score (nSPS) is 11.3. The van der Waals surface area contributed by atoms with Gasteiger partial charge in [0, 0.05) is 0 Å². The highest BCUT2D eigenvalue weighted by molar-refractivity contribution is 6.63. The van der Waals surface area contributed by atoms with Gasteiger partial charge in [-0.15, -0.1) is 0 Å². The van der Waals surface area contributed by atoms with Crippen LogP contribution in [0.2, 0.25) is 12.1 Å². The molecule has 0 aromatic carbocycles. The molecule has 0 radical (unpaired) electrons. The summed E-state index contributed by atoms with van der Waals surface area (Å²) < 4.78 is 5.27. The van der Waals surface area contributed by atoms with Crippen molar-refractivity contribution in [2.24, 2.45) is 0 Å². The van der Waals surface area contributed by atoms with Crippen LogP contribution in [0.25, 0.3) is 0 Å². The molecule has 0 aliphatic heterocycles. The number of rotatable bonds is 6. The summed E-state index contributed by atoms with van der Waals surface area (Å²) in [6.07, 6.45) is 3.02. The summed E-state index contributed by atoms with van der Waals surface area (Å²) in [5, 5.41) is 0. The molecule has 0 fully saturated rings. The van der Waals surface area contributed by atoms with E-state index >= 15 is 0 Å². The van der Waals surface area contributed by atoms with E-state index in [9.17, 15) is 0 Å². The fourth-order valence-electron chi connectivity index (χ4n) is 0.913. The van der Waals surface area contributed by atoms with Gasteiger partial charge in [-0.2, -0.15) is 0 Å². The Kier molecular flexibility index (Phi) is 7.69. The van der Waals surface area contributed by atoms with Crippen molar-refractivity contribution in [1.82, 2.24) is 0 Å². The molecule has 0 heterocycles. The van der Waals surface area contributed by atoms with E-state index in [4.69, 9.17) is 4.74 Å². The maximum Gasteiger partial charge on any atom is 0.0870 e. The van der Waals surface area contributed by atoms with Crippen LogP contribution in [-0.2, 0) is 4.74 Å². The fraction of sp³-hybridized carbons (Fsp3) is 0.778.